The van der Waals surface area contributed by atoms with E-state index in [1.807, 2.05) is 0 Å². The van der Waals surface area contributed by atoms with Gasteiger partial charge in [-0.2, -0.15) is 0 Å². The number of esters is 1. The van der Waals surface area contributed by atoms with Crippen molar-refractivity contribution in [1.82, 2.24) is 4.57 Å². The van der Waals surface area contributed by atoms with Crippen molar-refractivity contribution in [2.75, 3.05) is 7.11 Å². The standard InChI is InChI=1S/C17H14ClNO4S/c1-8-13(17(22)23-3)14-15(24-8)11(7-19(2)16(14)21)10-6-9(18)4-5-12(10)20/h4-7,20H,1-3H3. The van der Waals surface area contributed by atoms with E-state index < -0.39 is 5.97 Å². The molecule has 1 aromatic carbocycles. The van der Waals surface area contributed by atoms with Crippen LogP contribution < -0.4 is 5.56 Å². The van der Waals surface area contributed by atoms with Gasteiger partial charge in [-0.25, -0.2) is 4.79 Å². The van der Waals surface area contributed by atoms with E-state index in [4.69, 9.17) is 16.3 Å². The molecule has 0 amide bonds. The number of aryl methyl sites for hydroxylation is 2. The fourth-order valence-corrected chi connectivity index (χ4v) is 4.02. The Morgan fingerprint density at radius 2 is 2.04 bits per heavy atom. The lowest BCUT2D eigenvalue weighted by Crippen LogP contribution is -2.18. The maximum Gasteiger partial charge on any atom is 0.339 e. The molecule has 0 radical (unpaired) electrons. The number of ether oxygens (including phenoxy) is 1. The van der Waals surface area contributed by atoms with E-state index in [-0.39, 0.29) is 16.9 Å². The van der Waals surface area contributed by atoms with Crippen LogP contribution in [0, 0.1) is 6.92 Å². The lowest BCUT2D eigenvalue weighted by molar-refractivity contribution is 0.0602. The number of fused-ring (bicyclic) bond motifs is 1. The number of rotatable bonds is 2. The highest BCUT2D eigenvalue weighted by molar-refractivity contribution is 7.20. The summed E-state index contributed by atoms with van der Waals surface area (Å²) >= 11 is 7.36. The van der Waals surface area contributed by atoms with Crippen molar-refractivity contribution < 1.29 is 14.6 Å². The Hall–Kier alpha value is -2.31. The first kappa shape index (κ1) is 16.5. The molecule has 0 bridgehead atoms. The number of benzene rings is 1. The molecule has 0 aliphatic heterocycles. The summed E-state index contributed by atoms with van der Waals surface area (Å²) in [6, 6.07) is 4.71. The molecule has 0 unspecified atom stereocenters. The minimum absolute atomic E-state index is 0.0463. The summed E-state index contributed by atoms with van der Waals surface area (Å²) < 4.78 is 6.82. The third kappa shape index (κ3) is 2.48. The molecule has 3 rings (SSSR count). The van der Waals surface area contributed by atoms with E-state index in [1.54, 1.807) is 32.3 Å². The number of thiophene rings is 1. The van der Waals surface area contributed by atoms with Gasteiger partial charge in [0.25, 0.3) is 5.56 Å². The smallest absolute Gasteiger partial charge is 0.339 e. The van der Waals surface area contributed by atoms with Crippen LogP contribution in [-0.2, 0) is 11.8 Å². The first-order valence-corrected chi connectivity index (χ1v) is 8.24. The molecule has 0 fully saturated rings. The lowest BCUT2D eigenvalue weighted by atomic mass is 10.0. The number of phenolic OH excluding ortho intramolecular Hbond substituents is 1. The molecule has 1 N–H and O–H groups in total. The highest BCUT2D eigenvalue weighted by Gasteiger charge is 2.23. The van der Waals surface area contributed by atoms with Crippen LogP contribution >= 0.6 is 22.9 Å². The minimum Gasteiger partial charge on any atom is -0.507 e. The number of phenols is 1. The number of hydrogen-bond acceptors (Lipinski definition) is 5. The summed E-state index contributed by atoms with van der Waals surface area (Å²) in [6.45, 7) is 1.76. The van der Waals surface area contributed by atoms with Crippen LogP contribution in [0.25, 0.3) is 21.2 Å². The predicted octanol–water partition coefficient (Wildman–Crippen LogP) is 3.72. The normalized spacial score (nSPS) is 11.0. The van der Waals surface area contributed by atoms with Gasteiger partial charge < -0.3 is 14.4 Å². The Bertz CT molecular complexity index is 1040. The van der Waals surface area contributed by atoms with E-state index >= 15 is 0 Å². The molecule has 0 aliphatic carbocycles. The van der Waals surface area contributed by atoms with E-state index in [0.717, 1.165) is 0 Å². The maximum absolute atomic E-state index is 12.6. The highest BCUT2D eigenvalue weighted by Crippen LogP contribution is 2.40. The van der Waals surface area contributed by atoms with Crippen LogP contribution in [0.2, 0.25) is 5.02 Å². The molecular formula is C17H14ClNO4S. The number of nitrogens with zero attached hydrogens (tertiary/aromatic N) is 1. The molecule has 5 nitrogen and oxygen atoms in total. The number of carbonyl (C=O) groups excluding carboxylic acids is 1. The first-order valence-electron chi connectivity index (χ1n) is 7.05. The second kappa shape index (κ2) is 5.96. The minimum atomic E-state index is -0.552. The number of pyridine rings is 1. The van der Waals surface area contributed by atoms with Gasteiger partial charge in [-0.05, 0) is 25.1 Å². The SMILES string of the molecule is COC(=O)c1c(C)sc2c(-c3cc(Cl)ccc3O)cn(C)c(=O)c12. The molecule has 7 heteroatoms. The molecule has 3 aromatic rings. The summed E-state index contributed by atoms with van der Waals surface area (Å²) in [5, 5.41) is 11.0. The third-order valence-corrected chi connectivity index (χ3v) is 5.20. The van der Waals surface area contributed by atoms with Gasteiger partial charge in [-0.3, -0.25) is 4.79 Å². The van der Waals surface area contributed by atoms with Gasteiger partial charge in [-0.1, -0.05) is 11.6 Å². The van der Waals surface area contributed by atoms with E-state index in [0.29, 0.717) is 31.1 Å². The van der Waals surface area contributed by atoms with Gasteiger partial charge in [0, 0.05) is 34.3 Å². The zero-order chi connectivity index (χ0) is 17.6. The summed E-state index contributed by atoms with van der Waals surface area (Å²) in [5.41, 5.74) is 1.11. The molecular weight excluding hydrogens is 350 g/mol. The molecule has 0 saturated heterocycles. The largest absolute Gasteiger partial charge is 0.507 e. The van der Waals surface area contributed by atoms with Crippen LogP contribution in [0.15, 0.2) is 29.2 Å². The monoisotopic (exact) mass is 363 g/mol. The van der Waals surface area contributed by atoms with Crippen LogP contribution in [0.1, 0.15) is 15.2 Å². The van der Waals surface area contributed by atoms with Gasteiger partial charge >= 0.3 is 5.97 Å². The summed E-state index contributed by atoms with van der Waals surface area (Å²) in [4.78, 5) is 25.4. The van der Waals surface area contributed by atoms with Gasteiger partial charge in [0.05, 0.1) is 22.8 Å². The molecule has 0 atom stereocenters. The van der Waals surface area contributed by atoms with E-state index in [2.05, 4.69) is 0 Å². The van der Waals surface area contributed by atoms with Crippen molar-refractivity contribution in [3.05, 3.63) is 50.2 Å². The second-order valence-corrected chi connectivity index (χ2v) is 7.01. The van der Waals surface area contributed by atoms with Gasteiger partial charge in [0.1, 0.15) is 5.75 Å². The Labute approximate surface area is 146 Å². The van der Waals surface area contributed by atoms with Crippen LogP contribution in [0.5, 0.6) is 5.75 Å². The summed E-state index contributed by atoms with van der Waals surface area (Å²) in [5.74, 6) is -0.506. The molecule has 0 spiro atoms. The lowest BCUT2D eigenvalue weighted by Gasteiger charge is -2.09. The van der Waals surface area contributed by atoms with Crippen molar-refractivity contribution in [3.63, 3.8) is 0 Å². The molecule has 0 aliphatic rings. The van der Waals surface area contributed by atoms with E-state index in [9.17, 15) is 14.7 Å². The highest BCUT2D eigenvalue weighted by atomic mass is 35.5. The number of halogens is 1. The predicted molar refractivity (Wildman–Crippen MR) is 95.3 cm³/mol. The van der Waals surface area contributed by atoms with Gasteiger partial charge in [0.15, 0.2) is 0 Å². The summed E-state index contributed by atoms with van der Waals surface area (Å²) in [7, 11) is 2.88. The molecule has 2 heterocycles. The van der Waals surface area contributed by atoms with Crippen LogP contribution in [-0.4, -0.2) is 22.8 Å². The number of aromatic nitrogens is 1. The van der Waals surface area contributed by atoms with Gasteiger partial charge in [-0.15, -0.1) is 11.3 Å². The maximum atomic E-state index is 12.6. The van der Waals surface area contributed by atoms with Gasteiger partial charge in [0.2, 0.25) is 0 Å². The van der Waals surface area contributed by atoms with Crippen molar-refractivity contribution in [2.45, 2.75) is 6.92 Å². The number of hydrogen-bond donors (Lipinski definition) is 1. The van der Waals surface area contributed by atoms with E-state index in [1.165, 1.54) is 29.1 Å². The van der Waals surface area contributed by atoms with Crippen LogP contribution in [0.4, 0.5) is 0 Å². The average Bonchev–Trinajstić information content (AvgIpc) is 2.90. The second-order valence-electron chi connectivity index (χ2n) is 5.35. The number of aromatic hydroxyl groups is 1. The first-order chi connectivity index (χ1) is 11.3. The Morgan fingerprint density at radius 3 is 2.71 bits per heavy atom. The number of methoxy groups -OCH3 is 1. The van der Waals surface area contributed by atoms with Crippen LogP contribution in [0.3, 0.4) is 0 Å². The average molecular weight is 364 g/mol. The topological polar surface area (TPSA) is 68.5 Å². The van der Waals surface area contributed by atoms with Crippen molar-refractivity contribution in [3.8, 4) is 16.9 Å². The zero-order valence-electron chi connectivity index (χ0n) is 13.2. The Kier molecular flexibility index (Phi) is 4.11. The zero-order valence-corrected chi connectivity index (χ0v) is 14.8. The fraction of sp³-hybridized carbons (Fsp3) is 0.176. The molecule has 24 heavy (non-hydrogen) atoms. The summed E-state index contributed by atoms with van der Waals surface area (Å²) in [6.07, 6.45) is 1.63. The Balaban J connectivity index is 2.48. The van der Waals surface area contributed by atoms with Crippen molar-refractivity contribution in [2.24, 2.45) is 7.05 Å². The fourth-order valence-electron chi connectivity index (χ4n) is 2.69. The van der Waals surface area contributed by atoms with Crippen molar-refractivity contribution >= 4 is 39.0 Å². The quantitative estimate of drug-likeness (QED) is 0.704. The Morgan fingerprint density at radius 1 is 1.33 bits per heavy atom. The molecule has 2 aromatic heterocycles. The molecule has 124 valence electrons. The molecule has 0 saturated carbocycles. The van der Waals surface area contributed by atoms with Crippen molar-refractivity contribution in [1.29, 1.82) is 0 Å². The number of carbonyl (C=O) groups is 1. The third-order valence-electron chi connectivity index (χ3n) is 3.82.